The van der Waals surface area contributed by atoms with Crippen LogP contribution < -0.4 is 5.32 Å². The molecule has 0 atom stereocenters. The van der Waals surface area contributed by atoms with Crippen LogP contribution in [0, 0.1) is 6.92 Å². The Balaban J connectivity index is 2.29. The van der Waals surface area contributed by atoms with Gasteiger partial charge in [0.2, 0.25) is 0 Å². The Morgan fingerprint density at radius 1 is 1.40 bits per heavy atom. The number of hydrogen-bond donors (Lipinski definition) is 1. The summed E-state index contributed by atoms with van der Waals surface area (Å²) >= 11 is 0. The largest absolute Gasteiger partial charge is 0.334 e. The SMILES string of the molecule is CCCN(C1CNC1)S(=O)(=O)c1cn(CCC)c(C)n1. The van der Waals surface area contributed by atoms with E-state index in [0.717, 1.165) is 38.3 Å². The Labute approximate surface area is 121 Å². The second kappa shape index (κ2) is 6.24. The zero-order chi connectivity index (χ0) is 14.8. The minimum atomic E-state index is -3.48. The van der Waals surface area contributed by atoms with Crippen molar-refractivity contribution in [3.63, 3.8) is 0 Å². The third kappa shape index (κ3) is 2.89. The third-order valence-corrected chi connectivity index (χ3v) is 5.43. The normalized spacial score (nSPS) is 16.6. The lowest BCUT2D eigenvalue weighted by Gasteiger charge is -2.36. The highest BCUT2D eigenvalue weighted by atomic mass is 32.2. The Morgan fingerprint density at radius 2 is 2.10 bits per heavy atom. The summed E-state index contributed by atoms with van der Waals surface area (Å²) in [5, 5.41) is 3.31. The molecule has 1 fully saturated rings. The van der Waals surface area contributed by atoms with Crippen molar-refractivity contribution < 1.29 is 8.42 Å². The van der Waals surface area contributed by atoms with Gasteiger partial charge >= 0.3 is 0 Å². The van der Waals surface area contributed by atoms with Crippen LogP contribution in [-0.2, 0) is 16.6 Å². The first-order valence-electron chi connectivity index (χ1n) is 7.27. The Morgan fingerprint density at radius 3 is 2.60 bits per heavy atom. The van der Waals surface area contributed by atoms with Crippen molar-refractivity contribution in [3.8, 4) is 0 Å². The number of aromatic nitrogens is 2. The van der Waals surface area contributed by atoms with Crippen LogP contribution in [0.15, 0.2) is 11.2 Å². The maximum absolute atomic E-state index is 12.7. The molecule has 0 amide bonds. The van der Waals surface area contributed by atoms with Gasteiger partial charge in [0, 0.05) is 32.4 Å². The van der Waals surface area contributed by atoms with Crippen LogP contribution >= 0.6 is 0 Å². The molecular weight excluding hydrogens is 276 g/mol. The molecule has 2 heterocycles. The van der Waals surface area contributed by atoms with E-state index in [4.69, 9.17) is 0 Å². The van der Waals surface area contributed by atoms with Gasteiger partial charge in [-0.15, -0.1) is 0 Å². The number of rotatable bonds is 7. The van der Waals surface area contributed by atoms with E-state index in [1.54, 1.807) is 10.5 Å². The molecule has 7 heteroatoms. The van der Waals surface area contributed by atoms with Crippen LogP contribution in [0.2, 0.25) is 0 Å². The van der Waals surface area contributed by atoms with Gasteiger partial charge in [-0.2, -0.15) is 4.31 Å². The van der Waals surface area contributed by atoms with E-state index >= 15 is 0 Å². The molecule has 1 aromatic heterocycles. The van der Waals surface area contributed by atoms with E-state index < -0.39 is 10.0 Å². The zero-order valence-corrected chi connectivity index (χ0v) is 13.3. The van der Waals surface area contributed by atoms with Gasteiger partial charge in [-0.1, -0.05) is 13.8 Å². The molecule has 0 unspecified atom stereocenters. The lowest BCUT2D eigenvalue weighted by molar-refractivity contribution is 0.241. The molecule has 0 saturated carbocycles. The number of imidazole rings is 1. The van der Waals surface area contributed by atoms with Crippen molar-refractivity contribution in [1.29, 1.82) is 0 Å². The highest BCUT2D eigenvalue weighted by Crippen LogP contribution is 2.20. The summed E-state index contributed by atoms with van der Waals surface area (Å²) in [5.41, 5.74) is 0. The Hall–Kier alpha value is -0.920. The molecule has 1 saturated heterocycles. The first kappa shape index (κ1) is 15.5. The van der Waals surface area contributed by atoms with Crippen molar-refractivity contribution >= 4 is 10.0 Å². The van der Waals surface area contributed by atoms with Crippen molar-refractivity contribution in [2.75, 3.05) is 19.6 Å². The van der Waals surface area contributed by atoms with Gasteiger partial charge in [0.05, 0.1) is 6.04 Å². The number of nitrogens with one attached hydrogen (secondary N) is 1. The number of sulfonamides is 1. The summed E-state index contributed by atoms with van der Waals surface area (Å²) < 4.78 is 29.0. The lowest BCUT2D eigenvalue weighted by Crippen LogP contribution is -2.58. The fourth-order valence-corrected chi connectivity index (χ4v) is 4.10. The van der Waals surface area contributed by atoms with E-state index in [-0.39, 0.29) is 11.1 Å². The highest BCUT2D eigenvalue weighted by Gasteiger charge is 2.35. The second-order valence-corrected chi connectivity index (χ2v) is 7.09. The zero-order valence-electron chi connectivity index (χ0n) is 12.5. The van der Waals surface area contributed by atoms with Crippen LogP contribution in [0.3, 0.4) is 0 Å². The summed E-state index contributed by atoms with van der Waals surface area (Å²) in [4.78, 5) is 4.26. The number of nitrogens with zero attached hydrogens (tertiary/aromatic N) is 3. The minimum absolute atomic E-state index is 0.0663. The molecule has 2 rings (SSSR count). The van der Waals surface area contributed by atoms with Crippen molar-refractivity contribution in [2.45, 2.75) is 51.2 Å². The molecule has 0 bridgehead atoms. The minimum Gasteiger partial charge on any atom is -0.334 e. The van der Waals surface area contributed by atoms with E-state index in [9.17, 15) is 8.42 Å². The topological polar surface area (TPSA) is 67.2 Å². The summed E-state index contributed by atoms with van der Waals surface area (Å²) in [6.07, 6.45) is 3.44. The molecule has 1 aromatic rings. The van der Waals surface area contributed by atoms with Crippen LogP contribution in [0.4, 0.5) is 0 Å². The molecule has 1 aliphatic heterocycles. The average molecular weight is 300 g/mol. The quantitative estimate of drug-likeness (QED) is 0.815. The Kier molecular flexibility index (Phi) is 4.82. The van der Waals surface area contributed by atoms with Gasteiger partial charge in [-0.05, 0) is 19.8 Å². The van der Waals surface area contributed by atoms with Gasteiger partial charge in [0.15, 0.2) is 5.03 Å². The van der Waals surface area contributed by atoms with E-state index in [2.05, 4.69) is 17.2 Å². The summed E-state index contributed by atoms with van der Waals surface area (Å²) in [6.45, 7) is 8.72. The van der Waals surface area contributed by atoms with Gasteiger partial charge < -0.3 is 9.88 Å². The van der Waals surface area contributed by atoms with Crippen LogP contribution in [0.25, 0.3) is 0 Å². The van der Waals surface area contributed by atoms with E-state index in [1.165, 1.54) is 0 Å². The van der Waals surface area contributed by atoms with Gasteiger partial charge in [0.1, 0.15) is 5.82 Å². The fraction of sp³-hybridized carbons (Fsp3) is 0.769. The smallest absolute Gasteiger partial charge is 0.262 e. The maximum atomic E-state index is 12.7. The Bertz CT molecular complexity index is 549. The predicted octanol–water partition coefficient (Wildman–Crippen LogP) is 0.974. The monoisotopic (exact) mass is 300 g/mol. The summed E-state index contributed by atoms with van der Waals surface area (Å²) in [6, 6.07) is 0.0663. The van der Waals surface area contributed by atoms with Crippen molar-refractivity contribution in [1.82, 2.24) is 19.2 Å². The molecule has 1 N–H and O–H groups in total. The summed E-state index contributed by atoms with van der Waals surface area (Å²) in [7, 11) is -3.48. The van der Waals surface area contributed by atoms with Gasteiger partial charge in [0.25, 0.3) is 10.0 Å². The van der Waals surface area contributed by atoms with E-state index in [1.807, 2.05) is 18.4 Å². The van der Waals surface area contributed by atoms with Gasteiger partial charge in [-0.25, -0.2) is 13.4 Å². The molecule has 6 nitrogen and oxygen atoms in total. The molecule has 114 valence electrons. The number of aryl methyl sites for hydroxylation is 2. The lowest BCUT2D eigenvalue weighted by atomic mass is 10.2. The molecular formula is C13H24N4O2S. The second-order valence-electron chi connectivity index (χ2n) is 5.25. The molecule has 0 aromatic carbocycles. The van der Waals surface area contributed by atoms with E-state index in [0.29, 0.717) is 6.54 Å². The summed E-state index contributed by atoms with van der Waals surface area (Å²) in [5.74, 6) is 0.758. The number of hydrogen-bond acceptors (Lipinski definition) is 4. The highest BCUT2D eigenvalue weighted by molar-refractivity contribution is 7.89. The molecule has 0 radical (unpaired) electrons. The standard InChI is InChI=1S/C13H24N4O2S/c1-4-6-16-10-13(15-11(16)3)20(18,19)17(7-5-2)12-8-14-9-12/h10,12,14H,4-9H2,1-3H3. The van der Waals surface area contributed by atoms with Crippen LogP contribution in [-0.4, -0.2) is 48.0 Å². The first-order valence-corrected chi connectivity index (χ1v) is 8.71. The van der Waals surface area contributed by atoms with Crippen molar-refractivity contribution in [3.05, 3.63) is 12.0 Å². The molecule has 20 heavy (non-hydrogen) atoms. The predicted molar refractivity (Wildman–Crippen MR) is 78.1 cm³/mol. The maximum Gasteiger partial charge on any atom is 0.262 e. The first-order chi connectivity index (χ1) is 9.50. The average Bonchev–Trinajstić information content (AvgIpc) is 2.69. The van der Waals surface area contributed by atoms with Crippen molar-refractivity contribution in [2.24, 2.45) is 0 Å². The van der Waals surface area contributed by atoms with Crippen LogP contribution in [0.5, 0.6) is 0 Å². The molecule has 1 aliphatic rings. The van der Waals surface area contributed by atoms with Crippen LogP contribution in [0.1, 0.15) is 32.5 Å². The molecule has 0 aliphatic carbocycles. The van der Waals surface area contributed by atoms with Gasteiger partial charge in [-0.3, -0.25) is 0 Å². The third-order valence-electron chi connectivity index (χ3n) is 3.60. The fourth-order valence-electron chi connectivity index (χ4n) is 2.39. The molecule has 0 spiro atoms.